The lowest BCUT2D eigenvalue weighted by Crippen LogP contribution is -2.63. The number of hydrogen-bond donors (Lipinski definition) is 1. The number of unbranched alkanes of at least 4 members (excludes halogenated alkanes) is 1. The molecule has 0 spiro atoms. The van der Waals surface area contributed by atoms with Crippen molar-refractivity contribution in [3.8, 4) is 11.3 Å². The van der Waals surface area contributed by atoms with E-state index in [1.807, 2.05) is 69.6 Å². The molecule has 370 valence electrons. The van der Waals surface area contributed by atoms with E-state index in [-0.39, 0.29) is 49.0 Å². The minimum absolute atomic E-state index is 0.0986. The van der Waals surface area contributed by atoms with E-state index in [0.717, 1.165) is 11.3 Å². The summed E-state index contributed by atoms with van der Waals surface area (Å²) in [5.74, 6) is -5.27. The summed E-state index contributed by atoms with van der Waals surface area (Å²) in [6.07, 6.45) is 4.04. The van der Waals surface area contributed by atoms with Crippen molar-refractivity contribution in [3.63, 3.8) is 0 Å². The van der Waals surface area contributed by atoms with E-state index in [1.165, 1.54) is 14.0 Å². The number of aliphatic hydroxyl groups is 1. The van der Waals surface area contributed by atoms with Crippen LogP contribution in [0, 0.1) is 23.7 Å². The second-order valence-electron chi connectivity index (χ2n) is 21.1. The van der Waals surface area contributed by atoms with Crippen LogP contribution >= 0.6 is 0 Å². The molecule has 2 aromatic rings. The van der Waals surface area contributed by atoms with Crippen molar-refractivity contribution in [1.29, 1.82) is 0 Å². The van der Waals surface area contributed by atoms with E-state index in [4.69, 9.17) is 28.1 Å². The lowest BCUT2D eigenvalue weighted by atomic mass is 9.73. The number of aromatic nitrogens is 3. The summed E-state index contributed by atoms with van der Waals surface area (Å²) in [6, 6.07) is 2.60. The second-order valence-corrected chi connectivity index (χ2v) is 26.0. The smallest absolute Gasteiger partial charge is 0.411 e. The molecule has 0 radical (unpaired) electrons. The molecule has 0 aromatic carbocycles. The maximum Gasteiger partial charge on any atom is 0.411 e. The molecule has 1 unspecified atom stereocenters. The van der Waals surface area contributed by atoms with Gasteiger partial charge in [-0.1, -0.05) is 48.5 Å². The van der Waals surface area contributed by atoms with E-state index < -0.39 is 91.7 Å². The molecular weight excluding hydrogens is 863 g/mol. The van der Waals surface area contributed by atoms with Gasteiger partial charge in [0.2, 0.25) is 0 Å². The summed E-state index contributed by atoms with van der Waals surface area (Å²) in [6.45, 7) is 23.6. The highest BCUT2D eigenvalue weighted by atomic mass is 28.4. The van der Waals surface area contributed by atoms with E-state index in [2.05, 4.69) is 43.8 Å². The number of carbonyl (C=O) groups excluding carboxylic acids is 4. The number of likely N-dealkylation sites (N-methyl/N-ethyl adjacent to an activating group) is 1. The molecule has 17 heteroatoms. The summed E-state index contributed by atoms with van der Waals surface area (Å²) in [4.78, 5) is 71.2. The van der Waals surface area contributed by atoms with Gasteiger partial charge in [-0.15, -0.1) is 0 Å². The van der Waals surface area contributed by atoms with Crippen LogP contribution in [-0.4, -0.2) is 150 Å². The van der Waals surface area contributed by atoms with E-state index in [0.29, 0.717) is 25.8 Å². The number of carbonyl (C=O) groups is 4. The van der Waals surface area contributed by atoms with Crippen molar-refractivity contribution in [2.75, 3.05) is 34.4 Å². The Labute approximate surface area is 393 Å². The molecule has 0 bridgehead atoms. The number of rotatable bonds is 14. The van der Waals surface area contributed by atoms with Crippen LogP contribution in [0.2, 0.25) is 18.1 Å². The molecule has 0 saturated carbocycles. The van der Waals surface area contributed by atoms with E-state index >= 15 is 4.79 Å². The third-order valence-corrected chi connectivity index (χ3v) is 19.5. The molecule has 3 saturated heterocycles. The SMILES string of the molecule is CC[C@H]1OC(=O)[C@H](C)C(=O)[C@H](C)[C@@H](OC2O[C@H](C)C[C@H](N(C)C)[C@H]2O)[C@@](C)(OC)C[C@@H](C)C(=O)[C@H](C)[C@H]2N(CCCCn3cnc(-c4cccnc4)c3)C(=O)O[C@]12CO[Si](C)(C)C(C)(C)C. The van der Waals surface area contributed by atoms with Gasteiger partial charge in [-0.3, -0.25) is 19.4 Å². The van der Waals surface area contributed by atoms with Gasteiger partial charge in [0, 0.05) is 68.1 Å². The number of pyridine rings is 1. The number of esters is 1. The Morgan fingerprint density at radius 3 is 2.30 bits per heavy atom. The highest BCUT2D eigenvalue weighted by Crippen LogP contribution is 2.46. The van der Waals surface area contributed by atoms with Crippen molar-refractivity contribution in [1.82, 2.24) is 24.3 Å². The first-order valence-electron chi connectivity index (χ1n) is 23.9. The minimum Gasteiger partial charge on any atom is -0.457 e. The van der Waals surface area contributed by atoms with Gasteiger partial charge in [0.25, 0.3) is 0 Å². The quantitative estimate of drug-likeness (QED) is 0.0891. The average Bonchev–Trinajstić information content (AvgIpc) is 3.86. The first kappa shape index (κ1) is 53.4. The van der Waals surface area contributed by atoms with Crippen LogP contribution in [0.25, 0.3) is 11.3 Å². The number of ketones is 2. The van der Waals surface area contributed by atoms with Gasteiger partial charge in [-0.05, 0) is 97.2 Å². The number of hydrogen-bond acceptors (Lipinski definition) is 14. The molecule has 3 aliphatic rings. The lowest BCUT2D eigenvalue weighted by molar-refractivity contribution is -0.295. The van der Waals surface area contributed by atoms with Gasteiger partial charge in [0.05, 0.1) is 42.5 Å². The zero-order valence-corrected chi connectivity index (χ0v) is 43.2. The number of cyclic esters (lactones) is 1. The van der Waals surface area contributed by atoms with Gasteiger partial charge < -0.3 is 47.6 Å². The summed E-state index contributed by atoms with van der Waals surface area (Å²) in [5, 5.41) is 11.3. The Balaban J connectivity index is 1.55. The number of imidazole rings is 1. The number of nitrogens with zero attached hydrogens (tertiary/aromatic N) is 5. The lowest BCUT2D eigenvalue weighted by Gasteiger charge is -2.47. The number of ether oxygens (including phenoxy) is 5. The molecule has 2 aromatic heterocycles. The standard InChI is InChI=1S/C49H79N5O11Si/c1-16-38-49(28-61-66(14,15)47(7,8)9)42(54(46(59)65-49)23-18-17-22-53-27-36(51-29-53)35-20-19-21-50-26-35)32(4)39(55)30(2)25-48(10,60-13)43(33(5)40(56)34(6)44(58)63-38)64-45-41(57)37(52(11)12)24-31(3)62-45/h19-21,26-27,29-34,37-38,41-43,45,57H,16-18,22-25,28H2,1-15H3/t30-,31-,32+,33+,34-,37+,38-,41-,42-,43-,45?,48+,49-/m1/s1. The third kappa shape index (κ3) is 11.3. The molecule has 66 heavy (non-hydrogen) atoms. The Hall–Kier alpha value is -3.58. The maximum atomic E-state index is 15.2. The largest absolute Gasteiger partial charge is 0.457 e. The van der Waals surface area contributed by atoms with Crippen LogP contribution in [0.1, 0.15) is 101 Å². The second kappa shape index (κ2) is 21.4. The Morgan fingerprint density at radius 2 is 1.70 bits per heavy atom. The molecule has 13 atom stereocenters. The van der Waals surface area contributed by atoms with Crippen molar-refractivity contribution in [2.24, 2.45) is 23.7 Å². The number of methoxy groups -OCH3 is 1. The topological polar surface area (TPSA) is 181 Å². The number of fused-ring (bicyclic) bond motifs is 1. The molecule has 5 heterocycles. The fourth-order valence-electron chi connectivity index (χ4n) is 9.93. The summed E-state index contributed by atoms with van der Waals surface area (Å²) < 4.78 is 41.1. The fourth-order valence-corrected chi connectivity index (χ4v) is 10.9. The van der Waals surface area contributed by atoms with Gasteiger partial charge in [-0.25, -0.2) is 9.78 Å². The van der Waals surface area contributed by atoms with Crippen LogP contribution < -0.4 is 0 Å². The molecule has 1 N–H and O–H groups in total. The molecule has 0 aliphatic carbocycles. The monoisotopic (exact) mass is 942 g/mol. The van der Waals surface area contributed by atoms with Crippen molar-refractivity contribution < 1.29 is 52.4 Å². The first-order chi connectivity index (χ1) is 30.8. The van der Waals surface area contributed by atoms with Crippen LogP contribution in [0.3, 0.4) is 0 Å². The normalized spacial score (nSPS) is 34.3. The Morgan fingerprint density at radius 1 is 1.02 bits per heavy atom. The van der Waals surface area contributed by atoms with E-state index in [9.17, 15) is 19.5 Å². The molecule has 5 rings (SSSR count). The summed E-state index contributed by atoms with van der Waals surface area (Å²) in [5.41, 5.74) is -1.21. The zero-order valence-electron chi connectivity index (χ0n) is 42.2. The van der Waals surface area contributed by atoms with Crippen LogP contribution in [0.5, 0.6) is 0 Å². The number of Topliss-reactive ketones (excluding diaryl/α,β-unsaturated/α-hetero) is 2. The van der Waals surface area contributed by atoms with Crippen LogP contribution in [-0.2, 0) is 49.0 Å². The van der Waals surface area contributed by atoms with Crippen LogP contribution in [0.4, 0.5) is 4.79 Å². The van der Waals surface area contributed by atoms with Gasteiger partial charge in [0.15, 0.2) is 26.0 Å². The van der Waals surface area contributed by atoms with Gasteiger partial charge in [-0.2, -0.15) is 0 Å². The van der Waals surface area contributed by atoms with Crippen molar-refractivity contribution >= 4 is 31.9 Å². The molecule has 3 fully saturated rings. The number of aryl methyl sites for hydroxylation is 1. The summed E-state index contributed by atoms with van der Waals surface area (Å²) >= 11 is 0. The highest BCUT2D eigenvalue weighted by Gasteiger charge is 2.64. The Bertz CT molecular complexity index is 1980. The molecular formula is C49H79N5O11Si. The van der Waals surface area contributed by atoms with Gasteiger partial charge in [0.1, 0.15) is 23.9 Å². The summed E-state index contributed by atoms with van der Waals surface area (Å²) in [7, 11) is 2.70. The minimum atomic E-state index is -2.55. The molecule has 3 aliphatic heterocycles. The van der Waals surface area contributed by atoms with Crippen molar-refractivity contribution in [3.05, 3.63) is 37.1 Å². The maximum absolute atomic E-state index is 15.2. The third-order valence-electron chi connectivity index (χ3n) is 15.1. The highest BCUT2D eigenvalue weighted by molar-refractivity contribution is 6.74. The Kier molecular flexibility index (Phi) is 17.3. The van der Waals surface area contributed by atoms with Crippen LogP contribution in [0.15, 0.2) is 37.1 Å². The predicted octanol–water partition coefficient (Wildman–Crippen LogP) is 6.93. The van der Waals surface area contributed by atoms with E-state index in [1.54, 1.807) is 37.5 Å². The first-order valence-corrected chi connectivity index (χ1v) is 26.8. The average molecular weight is 942 g/mol. The van der Waals surface area contributed by atoms with Crippen molar-refractivity contribution in [2.45, 2.75) is 180 Å². The predicted molar refractivity (Wildman–Crippen MR) is 252 cm³/mol. The number of aliphatic hydroxyl groups excluding tert-OH is 1. The fraction of sp³-hybridized carbons (Fsp3) is 0.755. The zero-order chi connectivity index (χ0) is 49.1. The molecule has 16 nitrogen and oxygen atoms in total. The molecule has 1 amide bonds. The number of amides is 1. The van der Waals surface area contributed by atoms with Gasteiger partial charge >= 0.3 is 12.1 Å².